The van der Waals surface area contributed by atoms with Crippen molar-refractivity contribution >= 4 is 23.4 Å². The molecule has 0 saturated heterocycles. The van der Waals surface area contributed by atoms with Crippen LogP contribution < -0.4 is 0 Å². The van der Waals surface area contributed by atoms with E-state index in [0.29, 0.717) is 29.3 Å². The maximum atomic E-state index is 13.8. The van der Waals surface area contributed by atoms with Crippen molar-refractivity contribution in [3.8, 4) is 0 Å². The van der Waals surface area contributed by atoms with Crippen molar-refractivity contribution in [1.29, 1.82) is 0 Å². The van der Waals surface area contributed by atoms with Crippen LogP contribution in [0.15, 0.2) is 66.3 Å². The molecule has 3 nitrogen and oxygen atoms in total. The predicted octanol–water partition coefficient (Wildman–Crippen LogP) is 5.14. The number of thioether (sulfide) groups is 1. The SMILES string of the molecule is C=CCn1c(Cc2ccc(Cl)cc2)nnc1SCc1ccccc1F. The molecule has 2 aromatic carbocycles. The minimum Gasteiger partial charge on any atom is -0.302 e. The van der Waals surface area contributed by atoms with E-state index in [1.807, 2.05) is 41.0 Å². The van der Waals surface area contributed by atoms with Crippen LogP contribution in [-0.2, 0) is 18.7 Å². The van der Waals surface area contributed by atoms with Crippen molar-refractivity contribution < 1.29 is 4.39 Å². The highest BCUT2D eigenvalue weighted by Gasteiger charge is 2.13. The van der Waals surface area contributed by atoms with Crippen LogP contribution in [0.25, 0.3) is 0 Å². The number of aromatic nitrogens is 3. The number of nitrogens with zero attached hydrogens (tertiary/aromatic N) is 3. The van der Waals surface area contributed by atoms with E-state index in [4.69, 9.17) is 11.6 Å². The number of hydrogen-bond acceptors (Lipinski definition) is 3. The molecule has 0 bridgehead atoms. The van der Waals surface area contributed by atoms with Gasteiger partial charge in [-0.2, -0.15) is 0 Å². The van der Waals surface area contributed by atoms with E-state index < -0.39 is 0 Å². The van der Waals surface area contributed by atoms with Crippen molar-refractivity contribution in [3.63, 3.8) is 0 Å². The van der Waals surface area contributed by atoms with E-state index in [0.717, 1.165) is 16.5 Å². The second-order valence-corrected chi connectivity index (χ2v) is 6.86. The van der Waals surface area contributed by atoms with Gasteiger partial charge in [-0.15, -0.1) is 16.8 Å². The van der Waals surface area contributed by atoms with Gasteiger partial charge in [-0.3, -0.25) is 0 Å². The van der Waals surface area contributed by atoms with Gasteiger partial charge in [0.25, 0.3) is 0 Å². The third kappa shape index (κ3) is 4.50. The molecule has 3 aromatic rings. The van der Waals surface area contributed by atoms with Gasteiger partial charge in [0.15, 0.2) is 5.16 Å². The van der Waals surface area contributed by atoms with Crippen molar-refractivity contribution in [2.24, 2.45) is 0 Å². The summed E-state index contributed by atoms with van der Waals surface area (Å²) in [6.07, 6.45) is 2.46. The first-order chi connectivity index (χ1) is 12.2. The molecule has 0 saturated carbocycles. The van der Waals surface area contributed by atoms with E-state index in [2.05, 4.69) is 16.8 Å². The van der Waals surface area contributed by atoms with Crippen LogP contribution in [-0.4, -0.2) is 14.8 Å². The summed E-state index contributed by atoms with van der Waals surface area (Å²) in [7, 11) is 0. The largest absolute Gasteiger partial charge is 0.302 e. The lowest BCUT2D eigenvalue weighted by molar-refractivity contribution is 0.617. The molecule has 0 radical (unpaired) electrons. The Balaban J connectivity index is 1.78. The molecule has 0 aliphatic heterocycles. The standard InChI is InChI=1S/C19H17ClFN3S/c1-2-11-24-18(12-14-7-9-16(20)10-8-14)22-23-19(24)25-13-15-5-3-4-6-17(15)21/h2-10H,1,11-13H2. The van der Waals surface area contributed by atoms with E-state index in [-0.39, 0.29) is 5.82 Å². The fourth-order valence-corrected chi connectivity index (χ4v) is 3.49. The van der Waals surface area contributed by atoms with Gasteiger partial charge in [0.1, 0.15) is 11.6 Å². The molecule has 3 rings (SSSR count). The van der Waals surface area contributed by atoms with Gasteiger partial charge >= 0.3 is 0 Å². The topological polar surface area (TPSA) is 30.7 Å². The molecule has 0 spiro atoms. The highest BCUT2D eigenvalue weighted by Crippen LogP contribution is 2.24. The Morgan fingerprint density at radius 3 is 2.60 bits per heavy atom. The third-order valence-electron chi connectivity index (χ3n) is 3.70. The van der Waals surface area contributed by atoms with E-state index in [9.17, 15) is 4.39 Å². The summed E-state index contributed by atoms with van der Waals surface area (Å²) in [5.74, 6) is 1.15. The van der Waals surface area contributed by atoms with Gasteiger partial charge in [0, 0.05) is 23.7 Å². The lowest BCUT2D eigenvalue weighted by atomic mass is 10.1. The monoisotopic (exact) mass is 373 g/mol. The number of allylic oxidation sites excluding steroid dienone is 1. The molecule has 0 atom stereocenters. The number of halogens is 2. The maximum Gasteiger partial charge on any atom is 0.191 e. The molecule has 25 heavy (non-hydrogen) atoms. The van der Waals surface area contributed by atoms with Crippen LogP contribution in [0, 0.1) is 5.82 Å². The Labute approximate surface area is 155 Å². The smallest absolute Gasteiger partial charge is 0.191 e. The maximum absolute atomic E-state index is 13.8. The molecule has 0 aliphatic rings. The van der Waals surface area contributed by atoms with Crippen molar-refractivity contribution in [2.45, 2.75) is 23.9 Å². The summed E-state index contributed by atoms with van der Waals surface area (Å²) >= 11 is 7.40. The minimum absolute atomic E-state index is 0.203. The molecule has 1 aromatic heterocycles. The first kappa shape index (κ1) is 17.7. The van der Waals surface area contributed by atoms with E-state index in [1.54, 1.807) is 12.1 Å². The normalized spacial score (nSPS) is 10.8. The van der Waals surface area contributed by atoms with Gasteiger partial charge in [0.2, 0.25) is 0 Å². The van der Waals surface area contributed by atoms with E-state index >= 15 is 0 Å². The molecular weight excluding hydrogens is 357 g/mol. The molecular formula is C19H17ClFN3S. The lowest BCUT2D eigenvalue weighted by Gasteiger charge is -2.08. The van der Waals surface area contributed by atoms with Crippen LogP contribution in [0.5, 0.6) is 0 Å². The highest BCUT2D eigenvalue weighted by molar-refractivity contribution is 7.98. The Hall–Kier alpha value is -2.11. The van der Waals surface area contributed by atoms with Crippen molar-refractivity contribution in [2.75, 3.05) is 0 Å². The van der Waals surface area contributed by atoms with Crippen molar-refractivity contribution in [1.82, 2.24) is 14.8 Å². The minimum atomic E-state index is -0.203. The van der Waals surface area contributed by atoms with E-state index in [1.165, 1.54) is 17.8 Å². The molecule has 0 unspecified atom stereocenters. The zero-order valence-electron chi connectivity index (χ0n) is 13.5. The first-order valence-electron chi connectivity index (χ1n) is 7.81. The molecule has 0 fully saturated rings. The van der Waals surface area contributed by atoms with Crippen LogP contribution in [0.4, 0.5) is 4.39 Å². The fourth-order valence-electron chi connectivity index (χ4n) is 2.41. The van der Waals surface area contributed by atoms with Gasteiger partial charge < -0.3 is 4.57 Å². The average Bonchev–Trinajstić information content (AvgIpc) is 2.98. The summed E-state index contributed by atoms with van der Waals surface area (Å²) < 4.78 is 15.8. The Morgan fingerprint density at radius 1 is 1.12 bits per heavy atom. The zero-order chi connectivity index (χ0) is 17.6. The second kappa shape index (κ2) is 8.32. The van der Waals surface area contributed by atoms with Gasteiger partial charge in [-0.05, 0) is 29.3 Å². The lowest BCUT2D eigenvalue weighted by Crippen LogP contribution is -2.05. The summed E-state index contributed by atoms with van der Waals surface area (Å²) in [6, 6.07) is 14.4. The van der Waals surface area contributed by atoms with Gasteiger partial charge in [0.05, 0.1) is 0 Å². The van der Waals surface area contributed by atoms with Crippen LogP contribution in [0.3, 0.4) is 0 Å². The van der Waals surface area contributed by atoms with Crippen LogP contribution in [0.1, 0.15) is 17.0 Å². The molecule has 0 N–H and O–H groups in total. The predicted molar refractivity (Wildman–Crippen MR) is 100 cm³/mol. The Morgan fingerprint density at radius 2 is 1.88 bits per heavy atom. The molecule has 6 heteroatoms. The second-order valence-electron chi connectivity index (χ2n) is 5.48. The quantitative estimate of drug-likeness (QED) is 0.424. The van der Waals surface area contributed by atoms with Gasteiger partial charge in [-0.1, -0.05) is 59.8 Å². The molecule has 128 valence electrons. The highest BCUT2D eigenvalue weighted by atomic mass is 35.5. The number of hydrogen-bond donors (Lipinski definition) is 0. The average molecular weight is 374 g/mol. The van der Waals surface area contributed by atoms with Crippen molar-refractivity contribution in [3.05, 3.63) is 89.0 Å². The number of benzene rings is 2. The molecule has 0 aliphatic carbocycles. The first-order valence-corrected chi connectivity index (χ1v) is 9.17. The zero-order valence-corrected chi connectivity index (χ0v) is 15.1. The summed E-state index contributed by atoms with van der Waals surface area (Å²) in [5, 5.41) is 10.0. The van der Waals surface area contributed by atoms with Crippen LogP contribution >= 0.6 is 23.4 Å². The Bertz CT molecular complexity index is 861. The summed E-state index contributed by atoms with van der Waals surface area (Å²) in [6.45, 7) is 4.41. The molecule has 1 heterocycles. The van der Waals surface area contributed by atoms with Gasteiger partial charge in [-0.25, -0.2) is 4.39 Å². The fraction of sp³-hybridized carbons (Fsp3) is 0.158. The van der Waals surface area contributed by atoms with Crippen LogP contribution in [0.2, 0.25) is 5.02 Å². The number of rotatable bonds is 7. The Kier molecular flexibility index (Phi) is 5.89. The summed E-state index contributed by atoms with van der Waals surface area (Å²) in [4.78, 5) is 0. The molecule has 0 amide bonds. The summed E-state index contributed by atoms with van der Waals surface area (Å²) in [5.41, 5.74) is 1.76. The third-order valence-corrected chi connectivity index (χ3v) is 4.96.